The molecular formula is C25H23NO6. The van der Waals surface area contributed by atoms with Gasteiger partial charge >= 0.3 is 11.9 Å². The summed E-state index contributed by atoms with van der Waals surface area (Å²) in [6.07, 6.45) is 2.74. The Labute approximate surface area is 185 Å². The van der Waals surface area contributed by atoms with E-state index >= 15 is 0 Å². The fourth-order valence-corrected chi connectivity index (χ4v) is 3.55. The molecule has 0 saturated carbocycles. The highest BCUT2D eigenvalue weighted by atomic mass is 16.5. The average molecular weight is 433 g/mol. The number of hydrogen-bond donors (Lipinski definition) is 3. The predicted octanol–water partition coefficient (Wildman–Crippen LogP) is 5.70. The van der Waals surface area contributed by atoms with Gasteiger partial charge in [0.2, 0.25) is 0 Å². The van der Waals surface area contributed by atoms with Crippen LogP contribution in [0.4, 0.5) is 11.4 Å². The Morgan fingerprint density at radius 2 is 1.78 bits per heavy atom. The molecule has 1 heterocycles. The third-order valence-electron chi connectivity index (χ3n) is 5.18. The second-order valence-electron chi connectivity index (χ2n) is 7.59. The second-order valence-corrected chi connectivity index (χ2v) is 7.59. The summed E-state index contributed by atoms with van der Waals surface area (Å²) in [4.78, 5) is 23.0. The van der Waals surface area contributed by atoms with Crippen LogP contribution in [0.3, 0.4) is 0 Å². The number of carboxylic acid groups (broad SMARTS) is 2. The molecule has 0 aromatic heterocycles. The monoisotopic (exact) mass is 433 g/mol. The Morgan fingerprint density at radius 1 is 0.969 bits per heavy atom. The van der Waals surface area contributed by atoms with Gasteiger partial charge in [-0.1, -0.05) is 31.5 Å². The number of unbranched alkanes of at least 4 members (excludes halogenated alkanes) is 1. The summed E-state index contributed by atoms with van der Waals surface area (Å²) in [6.45, 7) is 2.81. The summed E-state index contributed by atoms with van der Waals surface area (Å²) in [7, 11) is 0. The Bertz CT molecular complexity index is 1190. The van der Waals surface area contributed by atoms with E-state index in [0.717, 1.165) is 35.8 Å². The fraction of sp³-hybridized carbons (Fsp3) is 0.200. The van der Waals surface area contributed by atoms with Crippen molar-refractivity contribution in [2.45, 2.75) is 26.2 Å². The Hall–Kier alpha value is -4.00. The first kappa shape index (κ1) is 21.2. The zero-order chi connectivity index (χ0) is 22.7. The summed E-state index contributed by atoms with van der Waals surface area (Å²) >= 11 is 0. The summed E-state index contributed by atoms with van der Waals surface area (Å²) in [6, 6.07) is 16.0. The van der Waals surface area contributed by atoms with Crippen molar-refractivity contribution in [2.24, 2.45) is 0 Å². The first-order valence-corrected chi connectivity index (χ1v) is 10.4. The van der Waals surface area contributed by atoms with Crippen molar-refractivity contribution in [1.29, 1.82) is 0 Å². The minimum atomic E-state index is -1.23. The number of hydrogen-bond acceptors (Lipinski definition) is 5. The van der Waals surface area contributed by atoms with Gasteiger partial charge < -0.3 is 25.0 Å². The Morgan fingerprint density at radius 3 is 2.53 bits per heavy atom. The van der Waals surface area contributed by atoms with Crippen molar-refractivity contribution in [3.63, 3.8) is 0 Å². The normalized spacial score (nSPS) is 11.5. The molecule has 32 heavy (non-hydrogen) atoms. The van der Waals surface area contributed by atoms with E-state index in [1.54, 1.807) is 0 Å². The smallest absolute Gasteiger partial charge is 0.337 e. The number of fused-ring (bicyclic) bond motifs is 2. The zero-order valence-corrected chi connectivity index (χ0v) is 17.6. The molecule has 0 aliphatic carbocycles. The molecule has 0 fully saturated rings. The fourth-order valence-electron chi connectivity index (χ4n) is 3.55. The van der Waals surface area contributed by atoms with Crippen molar-refractivity contribution in [2.75, 3.05) is 11.9 Å². The quantitative estimate of drug-likeness (QED) is 0.306. The van der Waals surface area contributed by atoms with Crippen LogP contribution in [-0.2, 0) is 6.42 Å². The molecule has 7 heteroatoms. The molecule has 4 rings (SSSR count). The molecule has 3 aromatic carbocycles. The molecule has 1 aliphatic rings. The molecule has 0 saturated heterocycles. The third kappa shape index (κ3) is 4.51. The number of carboxylic acids is 2. The number of nitrogens with one attached hydrogen (secondary N) is 1. The number of benzene rings is 3. The van der Waals surface area contributed by atoms with E-state index in [4.69, 9.17) is 9.47 Å². The lowest BCUT2D eigenvalue weighted by Gasteiger charge is -2.24. The first-order chi connectivity index (χ1) is 15.4. The molecule has 0 unspecified atom stereocenters. The Balaban J connectivity index is 1.58. The van der Waals surface area contributed by atoms with E-state index in [1.165, 1.54) is 6.07 Å². The maximum absolute atomic E-state index is 11.6. The van der Waals surface area contributed by atoms with Crippen LogP contribution >= 0.6 is 0 Å². The highest BCUT2D eigenvalue weighted by Gasteiger charge is 2.25. The van der Waals surface area contributed by atoms with E-state index in [0.29, 0.717) is 24.5 Å². The van der Waals surface area contributed by atoms with Crippen LogP contribution < -0.4 is 14.8 Å². The van der Waals surface area contributed by atoms with Gasteiger partial charge in [0.1, 0.15) is 5.75 Å². The van der Waals surface area contributed by atoms with Crippen molar-refractivity contribution in [1.82, 2.24) is 0 Å². The lowest BCUT2D eigenvalue weighted by molar-refractivity contribution is 0.0696. The SMILES string of the molecule is CCCCOc1cccc(Cc2ccc3c(c2)Oc2cc(C(=O)O)cc(C(=O)O)c2N3)c1. The van der Waals surface area contributed by atoms with Gasteiger partial charge in [0.05, 0.1) is 29.1 Å². The highest BCUT2D eigenvalue weighted by Crippen LogP contribution is 2.44. The van der Waals surface area contributed by atoms with Gasteiger partial charge in [-0.3, -0.25) is 0 Å². The minimum absolute atomic E-state index is 0.151. The zero-order valence-electron chi connectivity index (χ0n) is 17.6. The van der Waals surface area contributed by atoms with Gasteiger partial charge in [0.15, 0.2) is 11.5 Å². The molecular weight excluding hydrogens is 410 g/mol. The Kier molecular flexibility index (Phi) is 5.98. The third-order valence-corrected chi connectivity index (χ3v) is 5.18. The van der Waals surface area contributed by atoms with E-state index in [-0.39, 0.29) is 22.6 Å². The summed E-state index contributed by atoms with van der Waals surface area (Å²) in [5.74, 6) is -0.952. The van der Waals surface area contributed by atoms with Gasteiger partial charge in [-0.15, -0.1) is 0 Å². The topological polar surface area (TPSA) is 105 Å². The van der Waals surface area contributed by atoms with Crippen molar-refractivity contribution in [3.8, 4) is 17.2 Å². The number of rotatable bonds is 8. The summed E-state index contributed by atoms with van der Waals surface area (Å²) in [5, 5.41) is 21.9. The highest BCUT2D eigenvalue weighted by molar-refractivity contribution is 6.02. The van der Waals surface area contributed by atoms with Crippen LogP contribution in [0.15, 0.2) is 54.6 Å². The number of ether oxygens (including phenoxy) is 2. The molecule has 1 aliphatic heterocycles. The van der Waals surface area contributed by atoms with Crippen LogP contribution in [0.5, 0.6) is 17.2 Å². The van der Waals surface area contributed by atoms with Crippen LogP contribution in [0, 0.1) is 0 Å². The lowest BCUT2D eigenvalue weighted by Crippen LogP contribution is -2.11. The molecule has 3 N–H and O–H groups in total. The van der Waals surface area contributed by atoms with Gasteiger partial charge in [-0.2, -0.15) is 0 Å². The molecule has 3 aromatic rings. The predicted molar refractivity (Wildman–Crippen MR) is 120 cm³/mol. The maximum Gasteiger partial charge on any atom is 0.337 e. The molecule has 0 amide bonds. The minimum Gasteiger partial charge on any atom is -0.494 e. The summed E-state index contributed by atoms with van der Waals surface area (Å²) in [5.41, 5.74) is 2.62. The first-order valence-electron chi connectivity index (χ1n) is 10.4. The standard InChI is InChI=1S/C25H23NO6/c1-2-3-9-31-18-6-4-5-15(11-18)10-16-7-8-20-21(12-16)32-22-14-17(24(27)28)13-19(25(29)30)23(22)26-20/h4-8,11-14,26H,2-3,9-10H2,1H3,(H,27,28)(H,29,30). The summed E-state index contributed by atoms with van der Waals surface area (Å²) < 4.78 is 11.7. The molecule has 0 spiro atoms. The molecule has 0 atom stereocenters. The van der Waals surface area contributed by atoms with Crippen molar-refractivity contribution >= 4 is 23.3 Å². The average Bonchev–Trinajstić information content (AvgIpc) is 2.77. The van der Waals surface area contributed by atoms with E-state index in [2.05, 4.69) is 12.2 Å². The van der Waals surface area contributed by atoms with Crippen molar-refractivity contribution < 1.29 is 29.3 Å². The van der Waals surface area contributed by atoms with Crippen molar-refractivity contribution in [3.05, 3.63) is 76.9 Å². The van der Waals surface area contributed by atoms with Crippen LogP contribution in [0.1, 0.15) is 51.6 Å². The molecule has 164 valence electrons. The maximum atomic E-state index is 11.6. The number of aromatic carboxylic acids is 2. The van der Waals surface area contributed by atoms with Gasteiger partial charge in [-0.05, 0) is 60.4 Å². The largest absolute Gasteiger partial charge is 0.494 e. The van der Waals surface area contributed by atoms with Crippen LogP contribution in [-0.4, -0.2) is 28.8 Å². The molecule has 7 nitrogen and oxygen atoms in total. The van der Waals surface area contributed by atoms with E-state index in [1.807, 2.05) is 42.5 Å². The van der Waals surface area contributed by atoms with Gasteiger partial charge in [0, 0.05) is 0 Å². The number of anilines is 2. The molecule has 0 radical (unpaired) electrons. The second kappa shape index (κ2) is 9.01. The van der Waals surface area contributed by atoms with E-state index < -0.39 is 11.9 Å². The van der Waals surface area contributed by atoms with Crippen LogP contribution in [0.2, 0.25) is 0 Å². The van der Waals surface area contributed by atoms with Gasteiger partial charge in [0.25, 0.3) is 0 Å². The van der Waals surface area contributed by atoms with Gasteiger partial charge in [-0.25, -0.2) is 9.59 Å². The lowest BCUT2D eigenvalue weighted by atomic mass is 10.0. The number of carbonyl (C=O) groups is 2. The van der Waals surface area contributed by atoms with E-state index in [9.17, 15) is 19.8 Å². The van der Waals surface area contributed by atoms with Crippen LogP contribution in [0.25, 0.3) is 0 Å². The molecule has 0 bridgehead atoms.